The molecule has 2 aromatic rings. The average molecular weight is 441 g/mol. The van der Waals surface area contributed by atoms with Crippen molar-refractivity contribution in [1.82, 2.24) is 24.9 Å². The van der Waals surface area contributed by atoms with Crippen LogP contribution < -0.4 is 16.0 Å². The Morgan fingerprint density at radius 2 is 1.97 bits per heavy atom. The minimum atomic E-state index is -0.646. The van der Waals surface area contributed by atoms with Crippen molar-refractivity contribution >= 4 is 29.6 Å². The highest BCUT2D eigenvalue weighted by atomic mass is 16.2. The van der Waals surface area contributed by atoms with Gasteiger partial charge in [-0.1, -0.05) is 12.1 Å². The standard InChI is InChI=1S/C22H32N8O2/c1-27(2)13-16-7-9-17(10-8-16)25-22-20(21(23)32)24-12-19(26-22)29-11-5-6-18(14-29)30(15-31)28(3)4/h7-10,12,15,18H,5-6,11,13-14H2,1-4H3,(H2,23,32)(H,25,26)/t18-/m1/s1. The summed E-state index contributed by atoms with van der Waals surface area (Å²) in [7, 11) is 7.73. The molecule has 3 N–H and O–H groups in total. The van der Waals surface area contributed by atoms with Crippen molar-refractivity contribution in [3.05, 3.63) is 41.7 Å². The van der Waals surface area contributed by atoms with Crippen molar-refractivity contribution in [3.63, 3.8) is 0 Å². The van der Waals surface area contributed by atoms with Crippen molar-refractivity contribution in [3.8, 4) is 0 Å². The first-order chi connectivity index (χ1) is 15.3. The molecule has 172 valence electrons. The number of carbonyl (C=O) groups excluding carboxylic acids is 2. The van der Waals surface area contributed by atoms with Crippen LogP contribution in [-0.2, 0) is 11.3 Å². The number of benzene rings is 1. The van der Waals surface area contributed by atoms with Crippen LogP contribution in [0.5, 0.6) is 0 Å². The van der Waals surface area contributed by atoms with Crippen LogP contribution in [0.4, 0.5) is 17.3 Å². The summed E-state index contributed by atoms with van der Waals surface area (Å²) >= 11 is 0. The number of rotatable bonds is 9. The highest BCUT2D eigenvalue weighted by Gasteiger charge is 2.27. The van der Waals surface area contributed by atoms with Gasteiger partial charge in [-0.15, -0.1) is 0 Å². The van der Waals surface area contributed by atoms with Gasteiger partial charge in [0.05, 0.1) is 12.2 Å². The van der Waals surface area contributed by atoms with Gasteiger partial charge in [0, 0.05) is 39.4 Å². The lowest BCUT2D eigenvalue weighted by Gasteiger charge is -2.40. The Balaban J connectivity index is 1.83. The lowest BCUT2D eigenvalue weighted by atomic mass is 10.1. The number of piperidine rings is 1. The number of nitrogens with zero attached hydrogens (tertiary/aromatic N) is 6. The smallest absolute Gasteiger partial charge is 0.271 e. The maximum atomic E-state index is 11.9. The van der Waals surface area contributed by atoms with Gasteiger partial charge >= 0.3 is 0 Å². The molecule has 0 radical (unpaired) electrons. The second-order valence-electron chi connectivity index (χ2n) is 8.42. The van der Waals surface area contributed by atoms with Crippen LogP contribution >= 0.6 is 0 Å². The van der Waals surface area contributed by atoms with Crippen molar-refractivity contribution in [2.75, 3.05) is 51.5 Å². The van der Waals surface area contributed by atoms with E-state index in [1.807, 2.05) is 52.5 Å². The Kier molecular flexibility index (Phi) is 7.60. The molecule has 2 amide bonds. The topological polar surface area (TPSA) is 111 Å². The third-order valence-corrected chi connectivity index (χ3v) is 5.37. The van der Waals surface area contributed by atoms with Gasteiger partial charge in [-0.3, -0.25) is 14.6 Å². The van der Waals surface area contributed by atoms with Gasteiger partial charge in [-0.05, 0) is 44.6 Å². The molecule has 3 rings (SSSR count). The molecular weight excluding hydrogens is 408 g/mol. The maximum Gasteiger partial charge on any atom is 0.271 e. The number of hydrazine groups is 1. The van der Waals surface area contributed by atoms with Crippen LogP contribution in [0.25, 0.3) is 0 Å². The first-order valence-corrected chi connectivity index (χ1v) is 10.6. The van der Waals surface area contributed by atoms with E-state index in [1.54, 1.807) is 16.2 Å². The average Bonchev–Trinajstić information content (AvgIpc) is 2.75. The molecular formula is C22H32N8O2. The predicted octanol–water partition coefficient (Wildman–Crippen LogP) is 1.28. The number of primary amides is 1. The Hall–Kier alpha value is -3.24. The fourth-order valence-corrected chi connectivity index (χ4v) is 3.88. The van der Waals surface area contributed by atoms with Crippen LogP contribution in [0.1, 0.15) is 28.9 Å². The van der Waals surface area contributed by atoms with Crippen LogP contribution in [-0.4, -0.2) is 84.5 Å². The first-order valence-electron chi connectivity index (χ1n) is 10.6. The molecule has 10 nitrogen and oxygen atoms in total. The van der Waals surface area contributed by atoms with Gasteiger partial charge in [0.25, 0.3) is 5.91 Å². The van der Waals surface area contributed by atoms with E-state index >= 15 is 0 Å². The lowest BCUT2D eigenvalue weighted by molar-refractivity contribution is -0.135. The first kappa shape index (κ1) is 23.4. The number of hydrogen-bond donors (Lipinski definition) is 2. The Morgan fingerprint density at radius 3 is 2.56 bits per heavy atom. The summed E-state index contributed by atoms with van der Waals surface area (Å²) < 4.78 is 0. The number of amides is 2. The zero-order chi connectivity index (χ0) is 23.3. The fourth-order valence-electron chi connectivity index (χ4n) is 3.88. The molecule has 1 fully saturated rings. The van der Waals surface area contributed by atoms with Crippen molar-refractivity contribution < 1.29 is 9.59 Å². The molecule has 32 heavy (non-hydrogen) atoms. The zero-order valence-electron chi connectivity index (χ0n) is 19.2. The van der Waals surface area contributed by atoms with E-state index in [1.165, 1.54) is 5.56 Å². The third-order valence-electron chi connectivity index (χ3n) is 5.37. The summed E-state index contributed by atoms with van der Waals surface area (Å²) in [4.78, 5) is 36.6. The van der Waals surface area contributed by atoms with Crippen molar-refractivity contribution in [1.29, 1.82) is 0 Å². The third kappa shape index (κ3) is 5.71. The Bertz CT molecular complexity index is 932. The maximum absolute atomic E-state index is 11.9. The molecule has 1 atom stereocenters. The lowest BCUT2D eigenvalue weighted by Crippen LogP contribution is -2.52. The quantitative estimate of drug-likeness (QED) is 0.443. The van der Waals surface area contributed by atoms with Crippen LogP contribution in [0.2, 0.25) is 0 Å². The van der Waals surface area contributed by atoms with Gasteiger partial charge in [0.15, 0.2) is 11.5 Å². The van der Waals surface area contributed by atoms with E-state index in [-0.39, 0.29) is 11.7 Å². The van der Waals surface area contributed by atoms with Crippen molar-refractivity contribution in [2.24, 2.45) is 5.73 Å². The van der Waals surface area contributed by atoms with E-state index in [0.717, 1.165) is 38.0 Å². The van der Waals surface area contributed by atoms with Gasteiger partial charge in [0.2, 0.25) is 6.41 Å². The minimum Gasteiger partial charge on any atom is -0.364 e. The van der Waals surface area contributed by atoms with Gasteiger partial charge in [0.1, 0.15) is 5.82 Å². The number of carbonyl (C=O) groups is 2. The van der Waals surface area contributed by atoms with Crippen LogP contribution in [0.3, 0.4) is 0 Å². The monoisotopic (exact) mass is 440 g/mol. The fraction of sp³-hybridized carbons (Fsp3) is 0.455. The molecule has 0 spiro atoms. The molecule has 0 unspecified atom stereocenters. The zero-order valence-corrected chi connectivity index (χ0v) is 19.2. The summed E-state index contributed by atoms with van der Waals surface area (Å²) in [5, 5.41) is 6.66. The second-order valence-corrected chi connectivity index (χ2v) is 8.42. The van der Waals surface area contributed by atoms with Gasteiger partial charge in [-0.25, -0.2) is 15.0 Å². The number of aromatic nitrogens is 2. The molecule has 0 saturated carbocycles. The van der Waals surface area contributed by atoms with Gasteiger partial charge < -0.3 is 20.9 Å². The summed E-state index contributed by atoms with van der Waals surface area (Å²) in [6, 6.07) is 7.96. The molecule has 10 heteroatoms. The molecule has 2 heterocycles. The summed E-state index contributed by atoms with van der Waals surface area (Å²) in [6.45, 7) is 2.25. The molecule has 1 aliphatic rings. The number of nitrogens with one attached hydrogen (secondary N) is 1. The summed E-state index contributed by atoms with van der Waals surface area (Å²) in [5.41, 5.74) is 7.59. The number of nitrogens with two attached hydrogens (primary N) is 1. The van der Waals surface area contributed by atoms with E-state index in [9.17, 15) is 9.59 Å². The largest absolute Gasteiger partial charge is 0.364 e. The minimum absolute atomic E-state index is 0.0366. The van der Waals surface area contributed by atoms with Gasteiger partial charge in [-0.2, -0.15) is 0 Å². The predicted molar refractivity (Wildman–Crippen MR) is 124 cm³/mol. The molecule has 1 aliphatic heterocycles. The van der Waals surface area contributed by atoms with Crippen LogP contribution in [0.15, 0.2) is 30.5 Å². The Labute approximate surface area is 189 Å². The highest BCUT2D eigenvalue weighted by Crippen LogP contribution is 2.25. The molecule has 0 bridgehead atoms. The second kappa shape index (κ2) is 10.4. The van der Waals surface area contributed by atoms with E-state index in [2.05, 4.69) is 25.1 Å². The number of anilines is 3. The summed E-state index contributed by atoms with van der Waals surface area (Å²) in [5.74, 6) is 0.306. The SMILES string of the molecule is CN(C)Cc1ccc(Nc2nc(N3CCC[C@@H](N(C=O)N(C)C)C3)cnc2C(N)=O)cc1. The summed E-state index contributed by atoms with van der Waals surface area (Å²) in [6.07, 6.45) is 4.24. The molecule has 1 saturated heterocycles. The van der Waals surface area contributed by atoms with E-state index < -0.39 is 5.91 Å². The number of hydrogen-bond acceptors (Lipinski definition) is 8. The molecule has 1 aromatic carbocycles. The highest BCUT2D eigenvalue weighted by molar-refractivity contribution is 5.96. The molecule has 1 aromatic heterocycles. The van der Waals surface area contributed by atoms with E-state index in [4.69, 9.17) is 5.73 Å². The van der Waals surface area contributed by atoms with Crippen LogP contribution in [0, 0.1) is 0 Å². The Morgan fingerprint density at radius 1 is 1.25 bits per heavy atom. The molecule has 0 aliphatic carbocycles. The normalized spacial score (nSPS) is 16.3. The van der Waals surface area contributed by atoms with E-state index in [0.29, 0.717) is 18.2 Å². The van der Waals surface area contributed by atoms with Crippen molar-refractivity contribution in [2.45, 2.75) is 25.4 Å².